The van der Waals surface area contributed by atoms with Crippen LogP contribution in [0.2, 0.25) is 5.02 Å². The van der Waals surface area contributed by atoms with Crippen LogP contribution in [0, 0.1) is 28.1 Å². The number of piperidine rings is 1. The zero-order chi connectivity index (χ0) is 42.3. The predicted molar refractivity (Wildman–Crippen MR) is 227 cm³/mol. The molecule has 0 radical (unpaired) electrons. The summed E-state index contributed by atoms with van der Waals surface area (Å²) in [5.74, 6) is 0.733. The molecule has 5 heterocycles. The summed E-state index contributed by atoms with van der Waals surface area (Å²) in [5.41, 5.74) is 0.738. The molecule has 314 valence electrons. The molecule has 15 nitrogen and oxygen atoms in total. The van der Waals surface area contributed by atoms with E-state index in [1.54, 1.807) is 36.8 Å². The van der Waals surface area contributed by atoms with Crippen molar-refractivity contribution in [3.8, 4) is 11.8 Å². The van der Waals surface area contributed by atoms with Gasteiger partial charge in [-0.25, -0.2) is 14.6 Å². The van der Waals surface area contributed by atoms with E-state index < -0.39 is 11.9 Å². The van der Waals surface area contributed by atoms with E-state index in [9.17, 15) is 24.4 Å². The van der Waals surface area contributed by atoms with Gasteiger partial charge in [0.2, 0.25) is 11.9 Å². The van der Waals surface area contributed by atoms with Crippen LogP contribution in [0.25, 0.3) is 10.8 Å². The lowest BCUT2D eigenvalue weighted by molar-refractivity contribution is -0.164. The molecule has 1 saturated carbocycles. The third kappa shape index (κ3) is 8.02. The summed E-state index contributed by atoms with van der Waals surface area (Å²) in [6, 6.07) is 11.9. The highest BCUT2D eigenvalue weighted by Crippen LogP contribution is 2.55. The monoisotopic (exact) mass is 834 g/mol. The number of benzene rings is 2. The normalized spacial score (nSPS) is 24.2. The van der Waals surface area contributed by atoms with Gasteiger partial charge in [0.25, 0.3) is 17.4 Å². The highest BCUT2D eigenvalue weighted by Gasteiger charge is 2.64. The Morgan fingerprint density at radius 3 is 2.38 bits per heavy atom. The number of nitrogens with zero attached hydrogens (tertiary/aromatic N) is 8. The van der Waals surface area contributed by atoms with Crippen molar-refractivity contribution in [3.05, 3.63) is 81.5 Å². The first kappa shape index (κ1) is 41.2. The van der Waals surface area contributed by atoms with E-state index in [-0.39, 0.29) is 53.2 Å². The van der Waals surface area contributed by atoms with Crippen LogP contribution in [0.15, 0.2) is 59.8 Å². The summed E-state index contributed by atoms with van der Waals surface area (Å²) in [4.78, 5) is 67.1. The highest BCUT2D eigenvalue weighted by atomic mass is 35.5. The number of fused-ring (bicyclic) bond motifs is 1. The lowest BCUT2D eigenvalue weighted by atomic mass is 9.49. The topological polar surface area (TPSA) is 179 Å². The predicted octanol–water partition coefficient (Wildman–Crippen LogP) is 4.73. The van der Waals surface area contributed by atoms with Gasteiger partial charge in [-0.05, 0) is 61.9 Å². The minimum absolute atomic E-state index is 0.172. The van der Waals surface area contributed by atoms with Gasteiger partial charge >= 0.3 is 0 Å². The summed E-state index contributed by atoms with van der Waals surface area (Å²) < 4.78 is 7.57. The first-order chi connectivity index (χ1) is 28.7. The van der Waals surface area contributed by atoms with Crippen molar-refractivity contribution >= 4 is 51.7 Å². The third-order valence-electron chi connectivity index (χ3n) is 13.0. The number of ether oxygens (including phenoxy) is 1. The number of nitrogens with one attached hydrogen (secondary N) is 2. The van der Waals surface area contributed by atoms with Gasteiger partial charge < -0.3 is 19.9 Å². The van der Waals surface area contributed by atoms with Gasteiger partial charge in [-0.3, -0.25) is 29.4 Å². The number of anilines is 2. The summed E-state index contributed by atoms with van der Waals surface area (Å²) in [7, 11) is 0. The maximum absolute atomic E-state index is 13.5. The second kappa shape index (κ2) is 16.5. The van der Waals surface area contributed by atoms with E-state index in [1.807, 2.05) is 18.2 Å². The van der Waals surface area contributed by atoms with Crippen LogP contribution in [-0.2, 0) is 9.59 Å². The minimum Gasteiger partial charge on any atom is -0.489 e. The Bertz CT molecular complexity index is 2390. The number of nitriles is 1. The van der Waals surface area contributed by atoms with Crippen molar-refractivity contribution in [2.75, 3.05) is 55.6 Å². The Labute approximate surface area is 354 Å². The van der Waals surface area contributed by atoms with Gasteiger partial charge in [0.1, 0.15) is 24.0 Å². The zero-order valence-electron chi connectivity index (χ0n) is 34.5. The molecule has 0 bridgehead atoms. The van der Waals surface area contributed by atoms with Gasteiger partial charge in [-0.2, -0.15) is 10.4 Å². The molecule has 1 unspecified atom stereocenters. The quantitative estimate of drug-likeness (QED) is 0.222. The largest absolute Gasteiger partial charge is 0.489 e. The summed E-state index contributed by atoms with van der Waals surface area (Å²) in [5, 5.41) is 20.6. The molecule has 3 saturated heterocycles. The van der Waals surface area contributed by atoms with E-state index in [2.05, 4.69) is 74.2 Å². The number of amides is 3. The van der Waals surface area contributed by atoms with Gasteiger partial charge in [-0.15, -0.1) is 0 Å². The van der Waals surface area contributed by atoms with Gasteiger partial charge in [0, 0.05) is 98.6 Å². The molecule has 2 aromatic heterocycles. The van der Waals surface area contributed by atoms with E-state index in [0.717, 1.165) is 76.1 Å². The number of rotatable bonds is 9. The fourth-order valence-electron chi connectivity index (χ4n) is 10.00. The standard InChI is InChI=1S/C44H51ClN10O5/c1-43(2)40(44(3,4)41(43)60-32-9-7-28(22-46)34(45)21-32)51-37(57)30-23-47-42(48-24-30)54-14-5-6-27(13-15-54)26-52-16-18-53(19-17-52)31-8-10-33-29(20-31)25-49-55(39(33)59)35-11-12-36(56)50-38(35)58/h7-10,20-21,23-25,27,35,40-41H,5-6,11-19,26H2,1-4H3,(H,51,57)(H,50,56,58)/t27?,35-,40-,41-/m0/s1. The van der Waals surface area contributed by atoms with Crippen molar-refractivity contribution in [1.82, 2.24) is 35.3 Å². The van der Waals surface area contributed by atoms with Gasteiger partial charge in [0.05, 0.1) is 27.7 Å². The molecule has 60 heavy (non-hydrogen) atoms. The average Bonchev–Trinajstić information content (AvgIpc) is 3.48. The van der Waals surface area contributed by atoms with Gasteiger partial charge in [0.15, 0.2) is 0 Å². The molecule has 4 fully saturated rings. The van der Waals surface area contributed by atoms with Crippen molar-refractivity contribution in [1.29, 1.82) is 5.26 Å². The maximum atomic E-state index is 13.5. The fraction of sp³-hybridized carbons (Fsp3) is 0.500. The number of halogens is 1. The van der Waals surface area contributed by atoms with Crippen LogP contribution in [0.5, 0.6) is 5.75 Å². The number of carbonyl (C=O) groups excluding carboxylic acids is 3. The van der Waals surface area contributed by atoms with E-state index in [1.165, 1.54) is 4.68 Å². The Hall–Kier alpha value is -5.59. The van der Waals surface area contributed by atoms with E-state index in [4.69, 9.17) is 16.3 Å². The summed E-state index contributed by atoms with van der Waals surface area (Å²) >= 11 is 6.25. The van der Waals surface area contributed by atoms with Crippen molar-refractivity contribution in [3.63, 3.8) is 0 Å². The van der Waals surface area contributed by atoms with Crippen LogP contribution in [0.4, 0.5) is 11.6 Å². The smallest absolute Gasteiger partial charge is 0.275 e. The highest BCUT2D eigenvalue weighted by molar-refractivity contribution is 6.31. The number of piperazine rings is 1. The Morgan fingerprint density at radius 2 is 1.68 bits per heavy atom. The molecular weight excluding hydrogens is 784 g/mol. The summed E-state index contributed by atoms with van der Waals surface area (Å²) in [6.45, 7) is 14.7. The molecule has 4 aromatic rings. The van der Waals surface area contributed by atoms with E-state index >= 15 is 0 Å². The van der Waals surface area contributed by atoms with Crippen LogP contribution < -0.4 is 30.7 Å². The van der Waals surface area contributed by atoms with Crippen molar-refractivity contribution in [2.45, 2.75) is 78.0 Å². The second-order valence-corrected chi connectivity index (χ2v) is 18.2. The molecule has 2 atom stereocenters. The van der Waals surface area contributed by atoms with Gasteiger partial charge in [-0.1, -0.05) is 39.3 Å². The molecule has 8 rings (SSSR count). The third-order valence-corrected chi connectivity index (χ3v) is 13.3. The molecule has 4 aliphatic rings. The molecule has 16 heteroatoms. The number of imide groups is 1. The molecule has 2 N–H and O–H groups in total. The Balaban J connectivity index is 0.806. The number of carbonyl (C=O) groups is 3. The van der Waals surface area contributed by atoms with Crippen LogP contribution in [0.3, 0.4) is 0 Å². The first-order valence-electron chi connectivity index (χ1n) is 20.8. The Morgan fingerprint density at radius 1 is 0.933 bits per heavy atom. The minimum atomic E-state index is -0.788. The van der Waals surface area contributed by atoms with Crippen LogP contribution >= 0.6 is 11.6 Å². The average molecular weight is 835 g/mol. The van der Waals surface area contributed by atoms with Crippen molar-refractivity contribution in [2.24, 2.45) is 16.7 Å². The number of hydrogen-bond donors (Lipinski definition) is 2. The van der Waals surface area contributed by atoms with E-state index in [0.29, 0.717) is 39.2 Å². The molecule has 3 aliphatic heterocycles. The fourth-order valence-corrected chi connectivity index (χ4v) is 10.2. The second-order valence-electron chi connectivity index (χ2n) is 17.8. The Kier molecular flexibility index (Phi) is 11.3. The molecule has 0 spiro atoms. The zero-order valence-corrected chi connectivity index (χ0v) is 35.2. The molecule has 3 amide bonds. The summed E-state index contributed by atoms with van der Waals surface area (Å²) in [6.07, 6.45) is 8.30. The van der Waals surface area contributed by atoms with Crippen LogP contribution in [0.1, 0.15) is 81.8 Å². The number of aromatic nitrogens is 4. The lowest BCUT2D eigenvalue weighted by Gasteiger charge is -2.63. The number of hydrogen-bond acceptors (Lipinski definition) is 12. The molecule has 1 aliphatic carbocycles. The SMILES string of the molecule is CC1(C)[C@H](NC(=O)c2cnc(N3CCCC(CN4CCN(c5ccc6c(=O)n([C@H]7CCC(=O)NC7=O)ncc6c5)CC4)CC3)nc2)C(C)(C)[C@H]1Oc1ccc(C#N)c(Cl)c1. The van der Waals surface area contributed by atoms with Crippen LogP contribution in [-0.4, -0.2) is 100 Å². The maximum Gasteiger partial charge on any atom is 0.275 e. The molecular formula is C44H51ClN10O5. The van der Waals surface area contributed by atoms with Crippen molar-refractivity contribution < 1.29 is 19.1 Å². The lowest BCUT2D eigenvalue weighted by Crippen LogP contribution is -2.74. The first-order valence-corrected chi connectivity index (χ1v) is 21.2. The molecule has 2 aromatic carbocycles.